The normalized spacial score (nSPS) is 12.5. The van der Waals surface area contributed by atoms with Crippen molar-refractivity contribution in [1.82, 2.24) is 0 Å². The van der Waals surface area contributed by atoms with Crippen molar-refractivity contribution in [3.63, 3.8) is 0 Å². The SMILES string of the molecule is Oc1ccc2c(c1)CNc1cc(O)ccc1-2. The smallest absolute Gasteiger partial charge is 0.117 e. The fraction of sp³-hybridized carbons (Fsp3) is 0.0769. The third-order valence-corrected chi connectivity index (χ3v) is 2.85. The molecule has 0 saturated carbocycles. The van der Waals surface area contributed by atoms with Crippen molar-refractivity contribution in [2.24, 2.45) is 0 Å². The molecule has 0 bridgehead atoms. The van der Waals surface area contributed by atoms with Gasteiger partial charge in [-0.25, -0.2) is 0 Å². The summed E-state index contributed by atoms with van der Waals surface area (Å²) in [5.41, 5.74) is 4.15. The van der Waals surface area contributed by atoms with Crippen molar-refractivity contribution < 1.29 is 10.2 Å². The zero-order valence-corrected chi connectivity index (χ0v) is 8.57. The number of anilines is 1. The van der Waals surface area contributed by atoms with Crippen molar-refractivity contribution in [2.75, 3.05) is 5.32 Å². The molecule has 1 heterocycles. The summed E-state index contributed by atoms with van der Waals surface area (Å²) in [5, 5.41) is 22.0. The monoisotopic (exact) mass is 213 g/mol. The zero-order chi connectivity index (χ0) is 11.1. The summed E-state index contributed by atoms with van der Waals surface area (Å²) >= 11 is 0. The maximum atomic E-state index is 9.41. The van der Waals surface area contributed by atoms with Crippen LogP contribution in [0, 0.1) is 0 Å². The highest BCUT2D eigenvalue weighted by atomic mass is 16.3. The molecule has 2 aromatic rings. The molecule has 3 heteroatoms. The maximum Gasteiger partial charge on any atom is 0.117 e. The lowest BCUT2D eigenvalue weighted by Gasteiger charge is -2.21. The number of fused-ring (bicyclic) bond motifs is 3. The van der Waals surface area contributed by atoms with Gasteiger partial charge in [-0.3, -0.25) is 0 Å². The molecule has 3 N–H and O–H groups in total. The highest BCUT2D eigenvalue weighted by Crippen LogP contribution is 2.38. The number of hydrogen-bond donors (Lipinski definition) is 3. The molecule has 1 aliphatic heterocycles. The molecule has 0 atom stereocenters. The third-order valence-electron chi connectivity index (χ3n) is 2.85. The summed E-state index contributed by atoms with van der Waals surface area (Å²) in [6.45, 7) is 0.667. The van der Waals surface area contributed by atoms with E-state index < -0.39 is 0 Å². The molecule has 16 heavy (non-hydrogen) atoms. The van der Waals surface area contributed by atoms with E-state index in [9.17, 15) is 10.2 Å². The van der Waals surface area contributed by atoms with Gasteiger partial charge in [0.15, 0.2) is 0 Å². The van der Waals surface area contributed by atoms with E-state index in [0.717, 1.165) is 22.4 Å². The standard InChI is InChI=1S/C13H11NO2/c15-9-1-3-11-8(5-9)7-14-13-6-10(16)2-4-12(11)13/h1-6,14-16H,7H2. The van der Waals surface area contributed by atoms with Gasteiger partial charge < -0.3 is 15.5 Å². The van der Waals surface area contributed by atoms with Crippen molar-refractivity contribution in [3.8, 4) is 22.6 Å². The molecule has 0 aromatic heterocycles. The molecule has 0 spiro atoms. The summed E-state index contributed by atoms with van der Waals surface area (Å²) in [6.07, 6.45) is 0. The first-order valence-electron chi connectivity index (χ1n) is 5.13. The first kappa shape index (κ1) is 9.09. The van der Waals surface area contributed by atoms with Crippen LogP contribution in [0.1, 0.15) is 5.56 Å². The lowest BCUT2D eigenvalue weighted by Crippen LogP contribution is -2.08. The minimum absolute atomic E-state index is 0.258. The first-order valence-corrected chi connectivity index (χ1v) is 5.13. The average Bonchev–Trinajstić information content (AvgIpc) is 2.28. The van der Waals surface area contributed by atoms with Crippen LogP contribution in [0.25, 0.3) is 11.1 Å². The van der Waals surface area contributed by atoms with E-state index >= 15 is 0 Å². The Balaban J connectivity index is 2.23. The van der Waals surface area contributed by atoms with E-state index in [1.54, 1.807) is 24.3 Å². The fourth-order valence-corrected chi connectivity index (χ4v) is 2.09. The molecule has 0 aliphatic carbocycles. The molecule has 3 nitrogen and oxygen atoms in total. The molecule has 0 fully saturated rings. The van der Waals surface area contributed by atoms with E-state index in [1.165, 1.54) is 0 Å². The Morgan fingerprint density at radius 1 is 0.875 bits per heavy atom. The summed E-state index contributed by atoms with van der Waals surface area (Å²) < 4.78 is 0. The van der Waals surface area contributed by atoms with Gasteiger partial charge in [-0.2, -0.15) is 0 Å². The topological polar surface area (TPSA) is 52.5 Å². The molecule has 3 rings (SSSR count). The first-order chi connectivity index (χ1) is 7.74. The van der Waals surface area contributed by atoms with E-state index in [4.69, 9.17) is 0 Å². The Labute approximate surface area is 93.0 Å². The summed E-state index contributed by atoms with van der Waals surface area (Å²) in [6, 6.07) is 10.6. The number of rotatable bonds is 0. The lowest BCUT2D eigenvalue weighted by molar-refractivity contribution is 0.474. The summed E-state index contributed by atoms with van der Waals surface area (Å²) in [7, 11) is 0. The van der Waals surface area contributed by atoms with Gasteiger partial charge in [0.25, 0.3) is 0 Å². The van der Waals surface area contributed by atoms with E-state index in [1.807, 2.05) is 12.1 Å². The van der Waals surface area contributed by atoms with Gasteiger partial charge in [0.2, 0.25) is 0 Å². The van der Waals surface area contributed by atoms with Crippen molar-refractivity contribution >= 4 is 5.69 Å². The molecule has 1 aliphatic rings. The van der Waals surface area contributed by atoms with Crippen LogP contribution in [-0.4, -0.2) is 10.2 Å². The minimum atomic E-state index is 0.258. The van der Waals surface area contributed by atoms with Crippen LogP contribution in [0.5, 0.6) is 11.5 Å². The summed E-state index contributed by atoms with van der Waals surface area (Å²) in [4.78, 5) is 0. The molecule has 0 amide bonds. The Hall–Kier alpha value is -2.16. The van der Waals surface area contributed by atoms with Crippen LogP contribution in [0.4, 0.5) is 5.69 Å². The van der Waals surface area contributed by atoms with Crippen LogP contribution in [-0.2, 0) is 6.54 Å². The number of nitrogens with one attached hydrogen (secondary N) is 1. The molecule has 80 valence electrons. The molecule has 0 unspecified atom stereocenters. The number of phenolic OH excluding ortho intramolecular Hbond substituents is 2. The Morgan fingerprint density at radius 3 is 2.38 bits per heavy atom. The van der Waals surface area contributed by atoms with Gasteiger partial charge in [0.05, 0.1) is 0 Å². The van der Waals surface area contributed by atoms with Gasteiger partial charge in [-0.05, 0) is 35.4 Å². The van der Waals surface area contributed by atoms with E-state index in [2.05, 4.69) is 5.32 Å². The van der Waals surface area contributed by atoms with E-state index in [-0.39, 0.29) is 11.5 Å². The number of benzene rings is 2. The third kappa shape index (κ3) is 1.29. The van der Waals surface area contributed by atoms with Crippen LogP contribution in [0.3, 0.4) is 0 Å². The second-order valence-corrected chi connectivity index (χ2v) is 3.92. The highest BCUT2D eigenvalue weighted by molar-refractivity contribution is 5.83. The largest absolute Gasteiger partial charge is 0.508 e. The minimum Gasteiger partial charge on any atom is -0.508 e. The van der Waals surface area contributed by atoms with Gasteiger partial charge in [-0.1, -0.05) is 6.07 Å². The van der Waals surface area contributed by atoms with Gasteiger partial charge in [0, 0.05) is 23.9 Å². The van der Waals surface area contributed by atoms with Gasteiger partial charge >= 0.3 is 0 Å². The van der Waals surface area contributed by atoms with Crippen LogP contribution < -0.4 is 5.32 Å². The van der Waals surface area contributed by atoms with Crippen LogP contribution in [0.2, 0.25) is 0 Å². The van der Waals surface area contributed by atoms with Gasteiger partial charge in [-0.15, -0.1) is 0 Å². The van der Waals surface area contributed by atoms with Crippen molar-refractivity contribution in [2.45, 2.75) is 6.54 Å². The molecule has 2 aromatic carbocycles. The Bertz CT molecular complexity index is 512. The molecule has 0 radical (unpaired) electrons. The number of aromatic hydroxyl groups is 2. The van der Waals surface area contributed by atoms with Crippen LogP contribution in [0.15, 0.2) is 36.4 Å². The Kier molecular flexibility index (Phi) is 1.80. The lowest BCUT2D eigenvalue weighted by atomic mass is 9.94. The van der Waals surface area contributed by atoms with Crippen LogP contribution >= 0.6 is 0 Å². The molecular weight excluding hydrogens is 202 g/mol. The zero-order valence-electron chi connectivity index (χ0n) is 8.57. The second-order valence-electron chi connectivity index (χ2n) is 3.92. The second kappa shape index (κ2) is 3.17. The molecule has 0 saturated heterocycles. The highest BCUT2D eigenvalue weighted by Gasteiger charge is 2.15. The van der Waals surface area contributed by atoms with E-state index in [0.29, 0.717) is 6.54 Å². The predicted molar refractivity (Wildman–Crippen MR) is 62.5 cm³/mol. The fourth-order valence-electron chi connectivity index (χ4n) is 2.09. The molecular formula is C13H11NO2. The number of hydrogen-bond acceptors (Lipinski definition) is 3. The quantitative estimate of drug-likeness (QED) is 0.630. The summed E-state index contributed by atoms with van der Waals surface area (Å²) in [5.74, 6) is 0.538. The van der Waals surface area contributed by atoms with Crippen molar-refractivity contribution in [3.05, 3.63) is 42.0 Å². The number of phenols is 2. The van der Waals surface area contributed by atoms with Gasteiger partial charge in [0.1, 0.15) is 11.5 Å². The maximum absolute atomic E-state index is 9.41. The van der Waals surface area contributed by atoms with Crippen molar-refractivity contribution in [1.29, 1.82) is 0 Å². The average molecular weight is 213 g/mol. The predicted octanol–water partition coefficient (Wildman–Crippen LogP) is 2.69. The Morgan fingerprint density at radius 2 is 1.56 bits per heavy atom.